The van der Waals surface area contributed by atoms with Gasteiger partial charge in [0.05, 0.1) is 11.1 Å². The lowest BCUT2D eigenvalue weighted by Gasteiger charge is -2.10. The third-order valence-electron chi connectivity index (χ3n) is 14.9. The van der Waals surface area contributed by atoms with Crippen LogP contribution in [0.15, 0.2) is 302 Å². The molecule has 0 unspecified atom stereocenters. The third-order valence-corrected chi connectivity index (χ3v) is 14.9. The van der Waals surface area contributed by atoms with Gasteiger partial charge < -0.3 is 28.1 Å². The van der Waals surface area contributed by atoms with Crippen molar-refractivity contribution in [3.8, 4) is 91.1 Å². The van der Waals surface area contributed by atoms with Crippen molar-refractivity contribution in [1.29, 1.82) is 0 Å². The second kappa shape index (κ2) is 32.1. The van der Waals surface area contributed by atoms with E-state index in [0.29, 0.717) is 58.5 Å². The lowest BCUT2D eigenvalue weighted by molar-refractivity contribution is -0.218. The summed E-state index contributed by atoms with van der Waals surface area (Å²) in [5, 5.41) is 16.7. The Balaban J connectivity index is 0.000000158. The number of carbonyl (C=O) groups is 2. The monoisotopic (exact) mass is 1260 g/mol. The highest BCUT2D eigenvalue weighted by atomic mass is 17.2. The quantitative estimate of drug-likeness (QED) is 0.0288. The zero-order valence-corrected chi connectivity index (χ0v) is 52.6. The van der Waals surface area contributed by atoms with Crippen molar-refractivity contribution < 1.29 is 47.4 Å². The summed E-state index contributed by atoms with van der Waals surface area (Å²) in [5.41, 5.74) is 15.7. The number of esters is 2. The van der Waals surface area contributed by atoms with Crippen LogP contribution in [-0.4, -0.2) is 32.3 Å². The van der Waals surface area contributed by atoms with Gasteiger partial charge >= 0.3 is 11.9 Å². The Morgan fingerprint density at radius 2 is 0.740 bits per heavy atom. The van der Waals surface area contributed by atoms with Gasteiger partial charge in [-0.15, -0.1) is 20.4 Å². The number of hydrogen-bond donors (Lipinski definition) is 0. The van der Waals surface area contributed by atoms with Crippen molar-refractivity contribution in [2.75, 3.05) is 0 Å². The second-order valence-corrected chi connectivity index (χ2v) is 21.8. The molecule has 0 aliphatic heterocycles. The van der Waals surface area contributed by atoms with Crippen molar-refractivity contribution >= 4 is 30.2 Å². The van der Waals surface area contributed by atoms with Gasteiger partial charge in [0.15, 0.2) is 11.5 Å². The molecule has 13 aromatic rings. The van der Waals surface area contributed by atoms with Crippen molar-refractivity contribution in [2.24, 2.45) is 0 Å². The summed E-state index contributed by atoms with van der Waals surface area (Å²) in [7, 11) is 0. The van der Waals surface area contributed by atoms with Crippen molar-refractivity contribution in [1.82, 2.24) is 20.4 Å². The highest BCUT2D eigenvalue weighted by Crippen LogP contribution is 2.31. The van der Waals surface area contributed by atoms with E-state index in [9.17, 15) is 9.59 Å². The van der Waals surface area contributed by atoms with Gasteiger partial charge in [-0.1, -0.05) is 213 Å². The highest BCUT2D eigenvalue weighted by molar-refractivity contribution is 5.93. The van der Waals surface area contributed by atoms with E-state index < -0.39 is 11.9 Å². The summed E-state index contributed by atoms with van der Waals surface area (Å²) in [4.78, 5) is 46.8. The van der Waals surface area contributed by atoms with Gasteiger partial charge in [-0.05, 0) is 167 Å². The molecule has 14 heteroatoms. The van der Waals surface area contributed by atoms with E-state index in [1.165, 1.54) is 47.0 Å². The third kappa shape index (κ3) is 17.7. The molecule has 472 valence electrons. The molecule has 0 bridgehead atoms. The molecule has 0 fully saturated rings. The lowest BCUT2D eigenvalue weighted by atomic mass is 10.0. The first kappa shape index (κ1) is 64.9. The van der Waals surface area contributed by atoms with E-state index in [1.54, 1.807) is 54.6 Å². The summed E-state index contributed by atoms with van der Waals surface area (Å²) in [6.45, 7) is 15.8. The van der Waals surface area contributed by atoms with Gasteiger partial charge in [-0.2, -0.15) is 9.78 Å². The molecule has 0 radical (unpaired) electrons. The highest BCUT2D eigenvalue weighted by Gasteiger charge is 2.17. The normalized spacial score (nSPS) is 10.6. The molecule has 0 saturated heterocycles. The Hall–Kier alpha value is -12.6. The molecule has 0 saturated carbocycles. The molecule has 0 atom stereocenters. The van der Waals surface area contributed by atoms with Crippen LogP contribution in [0.3, 0.4) is 0 Å². The molecule has 0 spiro atoms. The largest absolute Gasteiger partial charge is 0.423 e. The van der Waals surface area contributed by atoms with E-state index in [4.69, 9.17) is 37.9 Å². The molecule has 2 heterocycles. The minimum Gasteiger partial charge on any atom is -0.423 e. The number of aryl methyl sites for hydroxylation is 2. The van der Waals surface area contributed by atoms with Gasteiger partial charge in [0, 0.05) is 28.3 Å². The van der Waals surface area contributed by atoms with Crippen LogP contribution in [-0.2, 0) is 23.0 Å². The van der Waals surface area contributed by atoms with Crippen LogP contribution in [0.25, 0.3) is 86.3 Å². The summed E-state index contributed by atoms with van der Waals surface area (Å²) < 4.78 is 22.7. The number of benzene rings is 11. The van der Waals surface area contributed by atoms with Crippen LogP contribution >= 0.6 is 0 Å². The lowest BCUT2D eigenvalue weighted by Crippen LogP contribution is -2.10. The molecule has 0 amide bonds. The minimum atomic E-state index is -0.602. The summed E-state index contributed by atoms with van der Waals surface area (Å²) in [6.07, 6.45) is 5.19. The average Bonchev–Trinajstić information content (AvgIpc) is 2.28. The van der Waals surface area contributed by atoms with Crippen molar-refractivity contribution in [3.63, 3.8) is 0 Å². The second-order valence-electron chi connectivity index (χ2n) is 21.8. The predicted molar refractivity (Wildman–Crippen MR) is 374 cm³/mol. The van der Waals surface area contributed by atoms with Gasteiger partial charge in [-0.3, -0.25) is 0 Å². The van der Waals surface area contributed by atoms with E-state index in [0.717, 1.165) is 61.2 Å². The zero-order chi connectivity index (χ0) is 66.4. The molecular weight excluding hydrogens is 1200 g/mol. The van der Waals surface area contributed by atoms with Crippen molar-refractivity contribution in [2.45, 2.75) is 27.1 Å². The van der Waals surface area contributed by atoms with Crippen LogP contribution in [0.2, 0.25) is 0 Å². The van der Waals surface area contributed by atoms with Crippen molar-refractivity contribution in [3.05, 3.63) is 343 Å². The van der Waals surface area contributed by atoms with E-state index >= 15 is 0 Å². The van der Waals surface area contributed by atoms with Crippen LogP contribution < -0.4 is 19.2 Å². The number of ether oxygens (including phenoxy) is 2. The van der Waals surface area contributed by atoms with E-state index in [-0.39, 0.29) is 17.9 Å². The zero-order valence-electron chi connectivity index (χ0n) is 52.6. The number of nitrogens with zero attached hydrogens (tertiary/aromatic N) is 4. The number of hydrogen-bond acceptors (Lipinski definition) is 14. The minimum absolute atomic E-state index is 0.152. The molecule has 96 heavy (non-hydrogen) atoms. The Kier molecular flexibility index (Phi) is 21.7. The van der Waals surface area contributed by atoms with Gasteiger partial charge in [0.25, 0.3) is 0 Å². The van der Waals surface area contributed by atoms with Crippen LogP contribution in [0.5, 0.6) is 23.0 Å². The number of aromatic nitrogens is 4. The van der Waals surface area contributed by atoms with Gasteiger partial charge in [0.1, 0.15) is 24.7 Å². The summed E-state index contributed by atoms with van der Waals surface area (Å²) in [6, 6.07) is 85.7. The Morgan fingerprint density at radius 3 is 1.25 bits per heavy atom. The van der Waals surface area contributed by atoms with Crippen LogP contribution in [0.4, 0.5) is 0 Å². The van der Waals surface area contributed by atoms with Gasteiger partial charge in [-0.25, -0.2) is 9.59 Å². The molecule has 11 aromatic carbocycles. The first-order valence-electron chi connectivity index (χ1n) is 30.6. The fourth-order valence-corrected chi connectivity index (χ4v) is 9.56. The Bertz CT molecular complexity index is 4710. The maximum absolute atomic E-state index is 12.8. The van der Waals surface area contributed by atoms with Gasteiger partial charge in [0.2, 0.25) is 23.6 Å². The Morgan fingerprint density at radius 1 is 0.354 bits per heavy atom. The maximum atomic E-state index is 12.8. The summed E-state index contributed by atoms with van der Waals surface area (Å²) in [5.74, 6) is 2.36. The predicted octanol–water partition coefficient (Wildman–Crippen LogP) is 19.8. The number of carbonyl (C=O) groups excluding carboxylic acids is 2. The molecular formula is C82H64N4O10. The molecule has 2 aromatic heterocycles. The SMILES string of the molecule is C=Cc1cc(OOCc2ccc(OOCc3ccc(C)cc3)cc2)cc(OC(=O)c2ccc(OC(=O)c3ccc(C)cc3)cc2)c1.C=Cc1ccc(-c2nnc(-c3ccc(-c4ccccc4)cc3)o2)cc1.C=Cc1ccccc1-c1nnc(-c2ccc(-c3ccccc3)cc2)o1. The average molecular weight is 1270 g/mol. The Labute approximate surface area is 556 Å². The first-order valence-corrected chi connectivity index (χ1v) is 30.6. The first-order chi connectivity index (χ1) is 47.0. The van der Waals surface area contributed by atoms with Crippen LogP contribution in [0, 0.1) is 13.8 Å². The number of rotatable bonds is 21. The van der Waals surface area contributed by atoms with E-state index in [2.05, 4.69) is 88.7 Å². The molecule has 0 N–H and O–H groups in total. The standard InChI is InChI=1S/C38H32O8.2C22H16N2O/c1-4-28-21-35(44-38(40)32-15-19-33(20-16-32)43-37(39)31-13-7-27(3)8-14-31)23-36(22-28)46-42-25-30-11-17-34(18-12-30)45-41-24-29-9-5-26(2)6-10-29;1-2-16-8-6-7-11-20(16)22-24-23-21(25-22)19-14-12-18(13-15-19)17-9-4-3-5-10-17;1-2-16-8-10-19(11-9-16)21-23-24-22(25-21)20-14-12-18(13-15-20)17-6-4-3-5-7-17/h4-23H,1,24-25H2,2-3H3;2*2-15H,1H2. The smallest absolute Gasteiger partial charge is 0.343 e. The maximum Gasteiger partial charge on any atom is 0.343 e. The van der Waals surface area contributed by atoms with E-state index in [1.807, 2.05) is 172 Å². The summed E-state index contributed by atoms with van der Waals surface area (Å²) >= 11 is 0. The fourth-order valence-electron chi connectivity index (χ4n) is 9.56. The van der Waals surface area contributed by atoms with Crippen LogP contribution in [0.1, 0.15) is 59.7 Å². The molecule has 0 aliphatic rings. The fraction of sp³-hybridized carbons (Fsp3) is 0.0488. The molecule has 13 rings (SSSR count). The molecule has 14 nitrogen and oxygen atoms in total. The topological polar surface area (TPSA) is 167 Å². The molecule has 0 aliphatic carbocycles.